The Kier molecular flexibility index (Phi) is 3.69. The van der Waals surface area contributed by atoms with E-state index in [4.69, 9.17) is 0 Å². The topological polar surface area (TPSA) is 48.1 Å². The van der Waals surface area contributed by atoms with Gasteiger partial charge < -0.3 is 4.57 Å². The van der Waals surface area contributed by atoms with Gasteiger partial charge in [0.05, 0.1) is 21.5 Å². The quantitative estimate of drug-likeness (QED) is 0.276. The van der Waals surface area contributed by atoms with Crippen LogP contribution in [-0.2, 0) is 0 Å². The number of nitro groups is 1. The summed E-state index contributed by atoms with van der Waals surface area (Å²) in [4.78, 5) is 11.3. The fraction of sp³-hybridized carbons (Fsp3) is 0. The molecular weight excluding hydrogens is 348 g/mol. The van der Waals surface area contributed by atoms with E-state index in [0.717, 1.165) is 33.1 Å². The fourth-order valence-electron chi connectivity index (χ4n) is 3.96. The molecule has 1 aromatic heterocycles. The average Bonchev–Trinajstić information content (AvgIpc) is 3.09. The van der Waals surface area contributed by atoms with Crippen molar-refractivity contribution in [3.05, 3.63) is 107 Å². The molecule has 4 aromatic carbocycles. The molecule has 5 rings (SSSR count). The predicted molar refractivity (Wildman–Crippen MR) is 113 cm³/mol. The van der Waals surface area contributed by atoms with E-state index in [1.807, 2.05) is 54.6 Å². The standard InChI is InChI=1S/C24H16N2O2/c27-26(28)22-15-7-4-11-18(22)19-13-8-16-23-24(19)20-12-5-6-14-21(20)25(23)17-9-2-1-3-10-17/h1-16H. The Labute approximate surface area is 161 Å². The third-order valence-electron chi connectivity index (χ3n) is 5.10. The number of aromatic nitrogens is 1. The molecule has 4 heteroatoms. The van der Waals surface area contributed by atoms with Crippen molar-refractivity contribution in [2.45, 2.75) is 0 Å². The fourth-order valence-corrected chi connectivity index (χ4v) is 3.96. The predicted octanol–water partition coefficient (Wildman–Crippen LogP) is 6.36. The molecule has 0 saturated carbocycles. The summed E-state index contributed by atoms with van der Waals surface area (Å²) < 4.78 is 2.21. The van der Waals surface area contributed by atoms with E-state index in [2.05, 4.69) is 34.9 Å². The third-order valence-corrected chi connectivity index (χ3v) is 5.10. The Morgan fingerprint density at radius 3 is 2.11 bits per heavy atom. The van der Waals surface area contributed by atoms with Gasteiger partial charge in [0.2, 0.25) is 0 Å². The van der Waals surface area contributed by atoms with Gasteiger partial charge in [-0.3, -0.25) is 10.1 Å². The highest BCUT2D eigenvalue weighted by Crippen LogP contribution is 2.40. The highest BCUT2D eigenvalue weighted by atomic mass is 16.6. The van der Waals surface area contributed by atoms with Crippen LogP contribution in [0.1, 0.15) is 0 Å². The number of rotatable bonds is 3. The zero-order valence-corrected chi connectivity index (χ0v) is 14.9. The van der Waals surface area contributed by atoms with Crippen molar-refractivity contribution in [2.24, 2.45) is 0 Å². The lowest BCUT2D eigenvalue weighted by molar-refractivity contribution is -0.384. The first-order chi connectivity index (χ1) is 13.8. The van der Waals surface area contributed by atoms with Crippen molar-refractivity contribution in [3.63, 3.8) is 0 Å². The number of hydrogen-bond donors (Lipinski definition) is 0. The molecule has 0 atom stereocenters. The minimum Gasteiger partial charge on any atom is -0.309 e. The highest BCUT2D eigenvalue weighted by molar-refractivity contribution is 6.16. The zero-order chi connectivity index (χ0) is 19.1. The van der Waals surface area contributed by atoms with Crippen LogP contribution in [0.3, 0.4) is 0 Å². The van der Waals surface area contributed by atoms with Crippen LogP contribution in [-0.4, -0.2) is 9.49 Å². The second-order valence-electron chi connectivity index (χ2n) is 6.66. The number of nitro benzene ring substituents is 1. The van der Waals surface area contributed by atoms with Crippen LogP contribution in [0.25, 0.3) is 38.6 Å². The molecule has 134 valence electrons. The second kappa shape index (κ2) is 6.35. The van der Waals surface area contributed by atoms with Crippen LogP contribution in [0.4, 0.5) is 5.69 Å². The summed E-state index contributed by atoms with van der Waals surface area (Å²) in [7, 11) is 0. The van der Waals surface area contributed by atoms with Crippen molar-refractivity contribution in [2.75, 3.05) is 0 Å². The summed E-state index contributed by atoms with van der Waals surface area (Å²) in [6, 6.07) is 31.3. The monoisotopic (exact) mass is 364 g/mol. The first-order valence-electron chi connectivity index (χ1n) is 9.07. The summed E-state index contributed by atoms with van der Waals surface area (Å²) in [6.07, 6.45) is 0. The molecule has 0 spiro atoms. The van der Waals surface area contributed by atoms with Crippen LogP contribution in [0.2, 0.25) is 0 Å². The molecule has 0 unspecified atom stereocenters. The molecule has 28 heavy (non-hydrogen) atoms. The van der Waals surface area contributed by atoms with Gasteiger partial charge in [0, 0.05) is 22.5 Å². The Bertz CT molecular complexity index is 1340. The van der Waals surface area contributed by atoms with Gasteiger partial charge >= 0.3 is 0 Å². The molecule has 0 bridgehead atoms. The summed E-state index contributed by atoms with van der Waals surface area (Å²) in [6.45, 7) is 0. The molecular formula is C24H16N2O2. The summed E-state index contributed by atoms with van der Waals surface area (Å²) in [5.74, 6) is 0. The van der Waals surface area contributed by atoms with Gasteiger partial charge in [-0.15, -0.1) is 0 Å². The van der Waals surface area contributed by atoms with Crippen molar-refractivity contribution in [1.82, 2.24) is 4.57 Å². The molecule has 1 heterocycles. The van der Waals surface area contributed by atoms with E-state index in [1.54, 1.807) is 12.1 Å². The molecule has 4 nitrogen and oxygen atoms in total. The van der Waals surface area contributed by atoms with Crippen LogP contribution in [0.5, 0.6) is 0 Å². The maximum absolute atomic E-state index is 11.6. The van der Waals surface area contributed by atoms with Gasteiger partial charge in [-0.05, 0) is 35.9 Å². The lowest BCUT2D eigenvalue weighted by Crippen LogP contribution is -1.94. The molecule has 0 aliphatic rings. The molecule has 0 radical (unpaired) electrons. The summed E-state index contributed by atoms with van der Waals surface area (Å²) >= 11 is 0. The molecule has 0 fully saturated rings. The van der Waals surface area contributed by atoms with Gasteiger partial charge in [0.1, 0.15) is 0 Å². The number of benzene rings is 4. The first-order valence-corrected chi connectivity index (χ1v) is 9.07. The van der Waals surface area contributed by atoms with Crippen LogP contribution in [0, 0.1) is 10.1 Å². The van der Waals surface area contributed by atoms with Gasteiger partial charge in [-0.1, -0.05) is 60.7 Å². The van der Waals surface area contributed by atoms with E-state index in [0.29, 0.717) is 5.56 Å². The molecule has 0 N–H and O–H groups in total. The van der Waals surface area contributed by atoms with E-state index in [9.17, 15) is 10.1 Å². The number of nitrogens with zero attached hydrogens (tertiary/aromatic N) is 2. The number of fused-ring (bicyclic) bond motifs is 3. The van der Waals surface area contributed by atoms with Crippen LogP contribution in [0.15, 0.2) is 97.1 Å². The third kappa shape index (κ3) is 2.39. The van der Waals surface area contributed by atoms with Crippen molar-refractivity contribution < 1.29 is 4.92 Å². The Balaban J connectivity index is 1.95. The van der Waals surface area contributed by atoms with E-state index in [-0.39, 0.29) is 10.6 Å². The molecule has 5 aromatic rings. The normalized spacial score (nSPS) is 11.1. The Morgan fingerprint density at radius 1 is 0.643 bits per heavy atom. The van der Waals surface area contributed by atoms with Gasteiger partial charge in [0.25, 0.3) is 5.69 Å². The number of para-hydroxylation sites is 3. The summed E-state index contributed by atoms with van der Waals surface area (Å²) in [5.41, 5.74) is 4.79. The van der Waals surface area contributed by atoms with Crippen LogP contribution >= 0.6 is 0 Å². The zero-order valence-electron chi connectivity index (χ0n) is 14.9. The SMILES string of the molecule is O=[N+]([O-])c1ccccc1-c1cccc2c1c1ccccc1n2-c1ccccc1. The highest BCUT2D eigenvalue weighted by Gasteiger charge is 2.20. The van der Waals surface area contributed by atoms with Gasteiger partial charge in [-0.25, -0.2) is 0 Å². The molecule has 0 amide bonds. The van der Waals surface area contributed by atoms with Crippen molar-refractivity contribution in [3.8, 4) is 16.8 Å². The van der Waals surface area contributed by atoms with Gasteiger partial charge in [0.15, 0.2) is 0 Å². The van der Waals surface area contributed by atoms with E-state index >= 15 is 0 Å². The average molecular weight is 364 g/mol. The summed E-state index contributed by atoms with van der Waals surface area (Å²) in [5, 5.41) is 13.7. The molecule has 0 saturated heterocycles. The second-order valence-corrected chi connectivity index (χ2v) is 6.66. The van der Waals surface area contributed by atoms with Crippen molar-refractivity contribution >= 4 is 27.5 Å². The lowest BCUT2D eigenvalue weighted by Gasteiger charge is -2.08. The minimum absolute atomic E-state index is 0.117. The van der Waals surface area contributed by atoms with E-state index < -0.39 is 0 Å². The van der Waals surface area contributed by atoms with Crippen LogP contribution < -0.4 is 0 Å². The van der Waals surface area contributed by atoms with Crippen molar-refractivity contribution in [1.29, 1.82) is 0 Å². The number of hydrogen-bond acceptors (Lipinski definition) is 2. The first kappa shape index (κ1) is 16.3. The minimum atomic E-state index is -0.315. The Hall–Kier alpha value is -3.92. The van der Waals surface area contributed by atoms with Gasteiger partial charge in [-0.2, -0.15) is 0 Å². The smallest absolute Gasteiger partial charge is 0.277 e. The molecule has 0 aliphatic heterocycles. The largest absolute Gasteiger partial charge is 0.309 e. The Morgan fingerprint density at radius 2 is 1.29 bits per heavy atom. The molecule has 0 aliphatic carbocycles. The maximum Gasteiger partial charge on any atom is 0.277 e. The van der Waals surface area contributed by atoms with E-state index in [1.165, 1.54) is 0 Å². The lowest BCUT2D eigenvalue weighted by atomic mass is 9.98. The maximum atomic E-state index is 11.6.